The first-order chi connectivity index (χ1) is 16.5. The molecule has 3 aromatic carbocycles. The van der Waals surface area contributed by atoms with E-state index in [4.69, 9.17) is 14.5 Å². The maximum Gasteiger partial charge on any atom is 0.161 e. The Labute approximate surface area is 200 Å². The highest BCUT2D eigenvalue weighted by atomic mass is 16.5. The predicted molar refractivity (Wildman–Crippen MR) is 136 cm³/mol. The average Bonchev–Trinajstić information content (AvgIpc) is 2.87. The molecule has 6 nitrogen and oxygen atoms in total. The van der Waals surface area contributed by atoms with Crippen molar-refractivity contribution in [2.45, 2.75) is 19.6 Å². The van der Waals surface area contributed by atoms with E-state index in [2.05, 4.69) is 18.2 Å². The summed E-state index contributed by atoms with van der Waals surface area (Å²) in [6.45, 7) is -0.296. The molecule has 176 valence electrons. The van der Waals surface area contributed by atoms with Gasteiger partial charge in [0.1, 0.15) is 5.82 Å². The van der Waals surface area contributed by atoms with Gasteiger partial charge in [-0.05, 0) is 64.6 Å². The third-order valence-corrected chi connectivity index (χ3v) is 6.02. The van der Waals surface area contributed by atoms with Crippen LogP contribution in [0.25, 0.3) is 22.0 Å². The summed E-state index contributed by atoms with van der Waals surface area (Å²) in [7, 11) is 7.20. The van der Waals surface area contributed by atoms with Gasteiger partial charge in [-0.25, -0.2) is 4.98 Å². The quantitative estimate of drug-likeness (QED) is 0.403. The molecule has 2 N–H and O–H groups in total. The van der Waals surface area contributed by atoms with Gasteiger partial charge in [-0.2, -0.15) is 0 Å². The molecular formula is C28H30N2O4. The Hall–Kier alpha value is -3.61. The zero-order valence-electron chi connectivity index (χ0n) is 20.0. The predicted octanol–water partition coefficient (Wildman–Crippen LogP) is 4.56. The van der Waals surface area contributed by atoms with E-state index in [1.165, 1.54) is 5.56 Å². The van der Waals surface area contributed by atoms with Gasteiger partial charge < -0.3 is 24.6 Å². The van der Waals surface area contributed by atoms with Crippen LogP contribution in [0.1, 0.15) is 22.3 Å². The van der Waals surface area contributed by atoms with Crippen molar-refractivity contribution in [1.82, 2.24) is 4.98 Å². The molecule has 6 heteroatoms. The zero-order valence-corrected chi connectivity index (χ0v) is 20.0. The van der Waals surface area contributed by atoms with E-state index >= 15 is 0 Å². The molecule has 4 aromatic rings. The third-order valence-electron chi connectivity index (χ3n) is 6.02. The van der Waals surface area contributed by atoms with E-state index < -0.39 is 0 Å². The van der Waals surface area contributed by atoms with E-state index in [1.807, 2.05) is 61.5 Å². The number of methoxy groups -OCH3 is 2. The van der Waals surface area contributed by atoms with Crippen LogP contribution in [-0.4, -0.2) is 43.5 Å². The molecule has 0 saturated carbocycles. The highest BCUT2D eigenvalue weighted by Gasteiger charge is 2.19. The molecule has 0 spiro atoms. The molecule has 0 aliphatic heterocycles. The van der Waals surface area contributed by atoms with Gasteiger partial charge >= 0.3 is 0 Å². The fourth-order valence-corrected chi connectivity index (χ4v) is 4.27. The number of ether oxygens (including phenoxy) is 2. The minimum Gasteiger partial charge on any atom is -0.493 e. The van der Waals surface area contributed by atoms with Gasteiger partial charge in [0.05, 0.1) is 33.0 Å². The van der Waals surface area contributed by atoms with Crippen LogP contribution in [0.15, 0.2) is 60.7 Å². The van der Waals surface area contributed by atoms with E-state index in [1.54, 1.807) is 14.2 Å². The lowest BCUT2D eigenvalue weighted by atomic mass is 9.93. The normalized spacial score (nSPS) is 11.0. The average molecular weight is 459 g/mol. The van der Waals surface area contributed by atoms with Crippen LogP contribution in [0, 0.1) is 0 Å². The second-order valence-electron chi connectivity index (χ2n) is 8.41. The Bertz CT molecular complexity index is 1300. The topological polar surface area (TPSA) is 75.0 Å². The number of hydrogen-bond donors (Lipinski definition) is 2. The molecule has 0 fully saturated rings. The summed E-state index contributed by atoms with van der Waals surface area (Å²) in [5.41, 5.74) is 6.35. The lowest BCUT2D eigenvalue weighted by Gasteiger charge is -2.21. The third kappa shape index (κ3) is 4.55. The van der Waals surface area contributed by atoms with Crippen LogP contribution in [0.3, 0.4) is 0 Å². The van der Waals surface area contributed by atoms with Crippen molar-refractivity contribution in [2.75, 3.05) is 33.2 Å². The number of rotatable bonds is 8. The number of nitrogens with zero attached hydrogens (tertiary/aromatic N) is 2. The number of fused-ring (bicyclic) bond motifs is 1. The number of aromatic nitrogens is 1. The summed E-state index contributed by atoms with van der Waals surface area (Å²) in [4.78, 5) is 6.92. The van der Waals surface area contributed by atoms with Crippen molar-refractivity contribution in [1.29, 1.82) is 0 Å². The molecule has 34 heavy (non-hydrogen) atoms. The Morgan fingerprint density at radius 3 is 2.03 bits per heavy atom. The Kier molecular flexibility index (Phi) is 7.01. The molecule has 0 radical (unpaired) electrons. The number of anilines is 1. The summed E-state index contributed by atoms with van der Waals surface area (Å²) in [5, 5.41) is 20.4. The van der Waals surface area contributed by atoms with Crippen molar-refractivity contribution >= 4 is 16.7 Å². The van der Waals surface area contributed by atoms with Crippen molar-refractivity contribution in [3.05, 3.63) is 82.9 Å². The lowest BCUT2D eigenvalue weighted by Crippen LogP contribution is -2.13. The van der Waals surface area contributed by atoms with Gasteiger partial charge in [0.25, 0.3) is 0 Å². The van der Waals surface area contributed by atoms with E-state index in [0.29, 0.717) is 29.0 Å². The van der Waals surface area contributed by atoms with Crippen molar-refractivity contribution in [3.63, 3.8) is 0 Å². The zero-order chi connectivity index (χ0) is 24.2. The van der Waals surface area contributed by atoms with Gasteiger partial charge in [-0.3, -0.25) is 0 Å². The first kappa shape index (κ1) is 23.5. The Balaban J connectivity index is 1.99. The van der Waals surface area contributed by atoms with Gasteiger partial charge in [-0.15, -0.1) is 0 Å². The van der Waals surface area contributed by atoms with Crippen LogP contribution in [0.2, 0.25) is 0 Å². The van der Waals surface area contributed by atoms with Crippen LogP contribution in [0.4, 0.5) is 5.82 Å². The maximum atomic E-state index is 9.80. The standard InChI is InChI=1S/C28H30N2O4/c1-30(2)28-24(12-20-11-21(16-31)22(17-32)13-25(20)29-28)23-15-27(34-4)26(33-3)14-19(23)10-18-8-6-5-7-9-18/h5-9,11-15,31-32H,10,16-17H2,1-4H3. The summed E-state index contributed by atoms with van der Waals surface area (Å²) in [5.74, 6) is 2.12. The van der Waals surface area contributed by atoms with E-state index in [0.717, 1.165) is 33.4 Å². The van der Waals surface area contributed by atoms with Crippen molar-refractivity contribution in [3.8, 4) is 22.6 Å². The van der Waals surface area contributed by atoms with Gasteiger partial charge in [0.2, 0.25) is 0 Å². The summed E-state index contributed by atoms with van der Waals surface area (Å²) >= 11 is 0. The van der Waals surface area contributed by atoms with Crippen LogP contribution in [-0.2, 0) is 19.6 Å². The first-order valence-electron chi connectivity index (χ1n) is 11.1. The molecule has 0 atom stereocenters. The first-order valence-corrected chi connectivity index (χ1v) is 11.1. The van der Waals surface area contributed by atoms with Gasteiger partial charge in [0.15, 0.2) is 11.5 Å². The van der Waals surface area contributed by atoms with Crippen LogP contribution in [0.5, 0.6) is 11.5 Å². The Morgan fingerprint density at radius 1 is 0.765 bits per heavy atom. The number of aliphatic hydroxyl groups is 2. The van der Waals surface area contributed by atoms with Crippen molar-refractivity contribution in [2.24, 2.45) is 0 Å². The minimum absolute atomic E-state index is 0.147. The molecule has 0 amide bonds. The van der Waals surface area contributed by atoms with Crippen LogP contribution >= 0.6 is 0 Å². The number of pyridine rings is 1. The lowest BCUT2D eigenvalue weighted by molar-refractivity contribution is 0.260. The van der Waals surface area contributed by atoms with Gasteiger partial charge in [-0.1, -0.05) is 30.3 Å². The largest absolute Gasteiger partial charge is 0.493 e. The highest BCUT2D eigenvalue weighted by Crippen LogP contribution is 2.41. The van der Waals surface area contributed by atoms with Crippen molar-refractivity contribution < 1.29 is 19.7 Å². The molecule has 0 bridgehead atoms. The molecular weight excluding hydrogens is 428 g/mol. The summed E-state index contributed by atoms with van der Waals surface area (Å²) in [6, 6.07) is 20.2. The number of aliphatic hydroxyl groups excluding tert-OH is 2. The highest BCUT2D eigenvalue weighted by molar-refractivity contribution is 5.92. The van der Waals surface area contributed by atoms with Crippen LogP contribution < -0.4 is 14.4 Å². The molecule has 1 heterocycles. The molecule has 4 rings (SSSR count). The Morgan fingerprint density at radius 2 is 1.41 bits per heavy atom. The fraction of sp³-hybridized carbons (Fsp3) is 0.250. The van der Waals surface area contributed by atoms with Gasteiger partial charge in [0, 0.05) is 25.0 Å². The van der Waals surface area contributed by atoms with E-state index in [9.17, 15) is 10.2 Å². The summed E-state index contributed by atoms with van der Waals surface area (Å²) in [6.07, 6.45) is 0.715. The minimum atomic E-state index is -0.149. The monoisotopic (exact) mass is 458 g/mol. The SMILES string of the molecule is COc1cc(Cc2ccccc2)c(-c2cc3cc(CO)c(CO)cc3nc2N(C)C)cc1OC. The molecule has 0 saturated heterocycles. The molecule has 0 aliphatic rings. The second kappa shape index (κ2) is 10.1. The smallest absolute Gasteiger partial charge is 0.161 e. The second-order valence-corrected chi connectivity index (χ2v) is 8.41. The number of hydrogen-bond acceptors (Lipinski definition) is 6. The number of benzene rings is 3. The fourth-order valence-electron chi connectivity index (χ4n) is 4.27. The molecule has 1 aromatic heterocycles. The molecule has 0 aliphatic carbocycles. The maximum absolute atomic E-state index is 9.80. The molecule has 0 unspecified atom stereocenters. The summed E-state index contributed by atoms with van der Waals surface area (Å²) < 4.78 is 11.2. The van der Waals surface area contributed by atoms with E-state index in [-0.39, 0.29) is 13.2 Å².